The standard InChI is InChI=1S/C12H19NO2/c1-8-5-6-11(14-3)10(7-9(2)13)12(8)15-4/h5-6,9H,7,13H2,1-4H3. The summed E-state index contributed by atoms with van der Waals surface area (Å²) in [6, 6.07) is 4.03. The minimum Gasteiger partial charge on any atom is -0.496 e. The fraction of sp³-hybridized carbons (Fsp3) is 0.500. The lowest BCUT2D eigenvalue weighted by molar-refractivity contribution is 0.381. The molecule has 1 atom stereocenters. The highest BCUT2D eigenvalue weighted by molar-refractivity contribution is 5.50. The third kappa shape index (κ3) is 2.63. The summed E-state index contributed by atoms with van der Waals surface area (Å²) in [5.41, 5.74) is 7.97. The van der Waals surface area contributed by atoms with Gasteiger partial charge in [-0.2, -0.15) is 0 Å². The number of benzene rings is 1. The molecule has 15 heavy (non-hydrogen) atoms. The van der Waals surface area contributed by atoms with Gasteiger partial charge >= 0.3 is 0 Å². The van der Waals surface area contributed by atoms with Crippen LogP contribution in [0.1, 0.15) is 18.1 Å². The first-order chi connectivity index (χ1) is 7.10. The van der Waals surface area contributed by atoms with E-state index in [2.05, 4.69) is 0 Å². The first-order valence-electron chi connectivity index (χ1n) is 5.06. The third-order valence-corrected chi connectivity index (χ3v) is 2.36. The Hall–Kier alpha value is -1.22. The number of ether oxygens (including phenoxy) is 2. The maximum Gasteiger partial charge on any atom is 0.128 e. The van der Waals surface area contributed by atoms with E-state index in [0.717, 1.165) is 29.0 Å². The predicted molar refractivity (Wildman–Crippen MR) is 61.6 cm³/mol. The largest absolute Gasteiger partial charge is 0.496 e. The van der Waals surface area contributed by atoms with Gasteiger partial charge < -0.3 is 15.2 Å². The molecule has 1 aromatic rings. The zero-order valence-corrected chi connectivity index (χ0v) is 9.83. The van der Waals surface area contributed by atoms with Crippen LogP contribution in [-0.4, -0.2) is 20.3 Å². The highest BCUT2D eigenvalue weighted by atomic mass is 16.5. The second-order valence-electron chi connectivity index (χ2n) is 3.78. The van der Waals surface area contributed by atoms with Crippen LogP contribution < -0.4 is 15.2 Å². The molecule has 0 saturated carbocycles. The number of rotatable bonds is 4. The van der Waals surface area contributed by atoms with Gasteiger partial charge in [-0.15, -0.1) is 0 Å². The lowest BCUT2D eigenvalue weighted by Crippen LogP contribution is -2.19. The molecule has 3 nitrogen and oxygen atoms in total. The van der Waals surface area contributed by atoms with Crippen LogP contribution in [0.25, 0.3) is 0 Å². The molecule has 0 aromatic heterocycles. The average molecular weight is 209 g/mol. The first kappa shape index (κ1) is 11.9. The Morgan fingerprint density at radius 2 is 1.93 bits per heavy atom. The lowest BCUT2D eigenvalue weighted by atomic mass is 10.0. The van der Waals surface area contributed by atoms with Gasteiger partial charge in [0, 0.05) is 11.6 Å². The molecule has 1 rings (SSSR count). The van der Waals surface area contributed by atoms with Gasteiger partial charge in [-0.05, 0) is 31.9 Å². The molecule has 84 valence electrons. The molecule has 0 aliphatic rings. The topological polar surface area (TPSA) is 44.5 Å². The molecule has 0 amide bonds. The van der Waals surface area contributed by atoms with Gasteiger partial charge in [0.05, 0.1) is 14.2 Å². The van der Waals surface area contributed by atoms with E-state index in [-0.39, 0.29) is 6.04 Å². The van der Waals surface area contributed by atoms with Crippen LogP contribution in [0.5, 0.6) is 11.5 Å². The van der Waals surface area contributed by atoms with Gasteiger partial charge in [-0.25, -0.2) is 0 Å². The molecule has 0 fully saturated rings. The molecular formula is C12H19NO2. The number of hydrogen-bond donors (Lipinski definition) is 1. The molecule has 0 spiro atoms. The summed E-state index contributed by atoms with van der Waals surface area (Å²) < 4.78 is 10.7. The van der Waals surface area contributed by atoms with Gasteiger partial charge in [0.1, 0.15) is 11.5 Å². The van der Waals surface area contributed by atoms with E-state index in [1.807, 2.05) is 26.0 Å². The number of methoxy groups -OCH3 is 2. The zero-order valence-electron chi connectivity index (χ0n) is 9.83. The van der Waals surface area contributed by atoms with Crippen molar-refractivity contribution in [3.63, 3.8) is 0 Å². The maximum atomic E-state index is 5.81. The van der Waals surface area contributed by atoms with Crippen molar-refractivity contribution in [3.05, 3.63) is 23.3 Å². The highest BCUT2D eigenvalue weighted by Crippen LogP contribution is 2.32. The first-order valence-corrected chi connectivity index (χ1v) is 5.06. The van der Waals surface area contributed by atoms with Crippen molar-refractivity contribution < 1.29 is 9.47 Å². The molecule has 1 aromatic carbocycles. The Bertz CT molecular complexity index is 335. The van der Waals surface area contributed by atoms with E-state index in [9.17, 15) is 0 Å². The minimum absolute atomic E-state index is 0.0922. The van der Waals surface area contributed by atoms with E-state index in [1.54, 1.807) is 14.2 Å². The van der Waals surface area contributed by atoms with Gasteiger partial charge in [-0.1, -0.05) is 6.07 Å². The second-order valence-corrected chi connectivity index (χ2v) is 3.78. The molecule has 0 heterocycles. The molecule has 0 bridgehead atoms. The van der Waals surface area contributed by atoms with Gasteiger partial charge in [0.2, 0.25) is 0 Å². The van der Waals surface area contributed by atoms with E-state index in [0.29, 0.717) is 0 Å². The summed E-state index contributed by atoms with van der Waals surface area (Å²) in [6.45, 7) is 3.99. The van der Waals surface area contributed by atoms with Crippen molar-refractivity contribution >= 4 is 0 Å². The monoisotopic (exact) mass is 209 g/mol. The van der Waals surface area contributed by atoms with Crippen LogP contribution in [0.2, 0.25) is 0 Å². The summed E-state index contributed by atoms with van der Waals surface area (Å²) in [5, 5.41) is 0. The fourth-order valence-corrected chi connectivity index (χ4v) is 1.72. The van der Waals surface area contributed by atoms with Gasteiger partial charge in [0.25, 0.3) is 0 Å². The normalized spacial score (nSPS) is 12.3. The Morgan fingerprint density at radius 1 is 1.27 bits per heavy atom. The summed E-state index contributed by atoms with van der Waals surface area (Å²) in [6.07, 6.45) is 0.758. The Balaban J connectivity index is 3.21. The lowest BCUT2D eigenvalue weighted by Gasteiger charge is -2.16. The SMILES string of the molecule is COc1ccc(C)c(OC)c1CC(C)N. The summed E-state index contributed by atoms with van der Waals surface area (Å²) >= 11 is 0. The van der Waals surface area contributed by atoms with E-state index in [1.165, 1.54) is 0 Å². The summed E-state index contributed by atoms with van der Waals surface area (Å²) in [5.74, 6) is 1.72. The molecule has 0 aliphatic heterocycles. The molecule has 0 aliphatic carbocycles. The average Bonchev–Trinajstić information content (AvgIpc) is 2.18. The van der Waals surface area contributed by atoms with E-state index >= 15 is 0 Å². The van der Waals surface area contributed by atoms with E-state index < -0.39 is 0 Å². The maximum absolute atomic E-state index is 5.81. The van der Waals surface area contributed by atoms with Crippen LogP contribution in [0, 0.1) is 6.92 Å². The van der Waals surface area contributed by atoms with Crippen molar-refractivity contribution in [2.24, 2.45) is 5.73 Å². The van der Waals surface area contributed by atoms with Crippen molar-refractivity contribution in [1.82, 2.24) is 0 Å². The third-order valence-electron chi connectivity index (χ3n) is 2.36. The van der Waals surface area contributed by atoms with Crippen molar-refractivity contribution in [3.8, 4) is 11.5 Å². The van der Waals surface area contributed by atoms with Crippen LogP contribution in [-0.2, 0) is 6.42 Å². The van der Waals surface area contributed by atoms with Crippen LogP contribution in [0.4, 0.5) is 0 Å². The number of aryl methyl sites for hydroxylation is 1. The quantitative estimate of drug-likeness (QED) is 0.823. The molecule has 2 N–H and O–H groups in total. The molecule has 1 unspecified atom stereocenters. The zero-order chi connectivity index (χ0) is 11.4. The highest BCUT2D eigenvalue weighted by Gasteiger charge is 2.13. The van der Waals surface area contributed by atoms with Crippen molar-refractivity contribution in [1.29, 1.82) is 0 Å². The summed E-state index contributed by atoms with van der Waals surface area (Å²) in [4.78, 5) is 0. The second kappa shape index (κ2) is 5.03. The van der Waals surface area contributed by atoms with Crippen molar-refractivity contribution in [2.75, 3.05) is 14.2 Å². The van der Waals surface area contributed by atoms with Crippen LogP contribution >= 0.6 is 0 Å². The molecule has 0 saturated heterocycles. The number of nitrogens with two attached hydrogens (primary N) is 1. The van der Waals surface area contributed by atoms with Crippen LogP contribution in [0.3, 0.4) is 0 Å². The number of hydrogen-bond acceptors (Lipinski definition) is 3. The van der Waals surface area contributed by atoms with Crippen LogP contribution in [0.15, 0.2) is 12.1 Å². The Labute approximate surface area is 91.2 Å². The van der Waals surface area contributed by atoms with E-state index in [4.69, 9.17) is 15.2 Å². The molecular weight excluding hydrogens is 190 g/mol. The summed E-state index contributed by atoms with van der Waals surface area (Å²) in [7, 11) is 3.33. The van der Waals surface area contributed by atoms with Gasteiger partial charge in [-0.3, -0.25) is 0 Å². The Kier molecular flexibility index (Phi) is 3.97. The molecule has 0 radical (unpaired) electrons. The molecule has 3 heteroatoms. The predicted octanol–water partition coefficient (Wildman–Crippen LogP) is 1.90. The minimum atomic E-state index is 0.0922. The smallest absolute Gasteiger partial charge is 0.128 e. The fourth-order valence-electron chi connectivity index (χ4n) is 1.72. The van der Waals surface area contributed by atoms with Gasteiger partial charge in [0.15, 0.2) is 0 Å². The Morgan fingerprint density at radius 3 is 2.40 bits per heavy atom. The van der Waals surface area contributed by atoms with Crippen molar-refractivity contribution in [2.45, 2.75) is 26.3 Å².